The Labute approximate surface area is 166 Å². The van der Waals surface area contributed by atoms with Crippen molar-refractivity contribution >= 4 is 31.3 Å². The van der Waals surface area contributed by atoms with Crippen LogP contribution in [-0.4, -0.2) is 16.8 Å². The average Bonchev–Trinajstić information content (AvgIpc) is 2.69. The van der Waals surface area contributed by atoms with Crippen LogP contribution < -0.4 is 15.9 Å². The van der Waals surface area contributed by atoms with Crippen LogP contribution >= 0.6 is 15.4 Å². The third-order valence-corrected chi connectivity index (χ3v) is 12.4. The minimum absolute atomic E-state index is 0.494. The van der Waals surface area contributed by atoms with Crippen molar-refractivity contribution in [3.63, 3.8) is 0 Å². The molecule has 0 heterocycles. The van der Waals surface area contributed by atoms with Crippen molar-refractivity contribution in [3.8, 4) is 0 Å². The first kappa shape index (κ1) is 20.2. The lowest BCUT2D eigenvalue weighted by Gasteiger charge is -2.42. The summed E-state index contributed by atoms with van der Waals surface area (Å²) in [6.45, 7) is 9.34. The van der Waals surface area contributed by atoms with Gasteiger partial charge in [-0.25, -0.2) is 0 Å². The van der Waals surface area contributed by atoms with E-state index in [2.05, 4.69) is 123 Å². The summed E-state index contributed by atoms with van der Waals surface area (Å²) in [5, 5.41) is 4.38. The van der Waals surface area contributed by atoms with Crippen LogP contribution in [0.1, 0.15) is 27.7 Å². The number of hydrogen-bond acceptors (Lipinski definition) is 1. The molecule has 0 aromatic heterocycles. The van der Waals surface area contributed by atoms with Crippen molar-refractivity contribution in [3.05, 3.63) is 91.0 Å². The van der Waals surface area contributed by atoms with Crippen LogP contribution in [0.5, 0.6) is 0 Å². The molecule has 3 rings (SSSR count). The van der Waals surface area contributed by atoms with Crippen LogP contribution in [0.15, 0.2) is 91.0 Å². The molecule has 0 saturated carbocycles. The van der Waals surface area contributed by atoms with Crippen LogP contribution in [0.4, 0.5) is 0 Å². The Kier molecular flexibility index (Phi) is 7.20. The molecule has 0 aliphatic heterocycles. The third kappa shape index (κ3) is 4.85. The summed E-state index contributed by atoms with van der Waals surface area (Å²) in [6, 6.07) is 34.4. The number of rotatable bonds is 7. The maximum atomic E-state index is 2.75. The van der Waals surface area contributed by atoms with E-state index in [0.29, 0.717) is 12.1 Å². The molecule has 0 unspecified atom stereocenters. The topological polar surface area (TPSA) is 3.24 Å². The Bertz CT molecular complexity index is 756. The molecule has 0 amide bonds. The normalized spacial score (nSPS) is 12.9. The summed E-state index contributed by atoms with van der Waals surface area (Å²) < 4.78 is 2.75. The highest BCUT2D eigenvalue weighted by atomic mass is 32.1. The first-order valence-corrected chi connectivity index (χ1v) is 13.0. The van der Waals surface area contributed by atoms with E-state index < -0.39 is 15.4 Å². The van der Waals surface area contributed by atoms with Gasteiger partial charge in [0.25, 0.3) is 0 Å². The summed E-state index contributed by atoms with van der Waals surface area (Å²) in [6.07, 6.45) is 0. The number of benzene rings is 3. The van der Waals surface area contributed by atoms with Crippen molar-refractivity contribution < 1.29 is 0 Å². The lowest BCUT2D eigenvalue weighted by molar-refractivity contribution is 0.329. The first-order chi connectivity index (χ1) is 13.1. The van der Waals surface area contributed by atoms with Crippen molar-refractivity contribution in [1.29, 1.82) is 0 Å². The molecule has 1 nitrogen and oxygen atoms in total. The Morgan fingerprint density at radius 1 is 0.519 bits per heavy atom. The average molecular weight is 393 g/mol. The predicted octanol–water partition coefficient (Wildman–Crippen LogP) is 5.88. The van der Waals surface area contributed by atoms with Gasteiger partial charge in [-0.1, -0.05) is 91.0 Å². The summed E-state index contributed by atoms with van der Waals surface area (Å²) in [7, 11) is -1.02. The molecule has 3 heteroatoms. The minimum Gasteiger partial charge on any atom is -0.269 e. The molecule has 3 aromatic rings. The Balaban J connectivity index is 2.22. The van der Waals surface area contributed by atoms with E-state index in [1.165, 1.54) is 15.9 Å². The van der Waals surface area contributed by atoms with Gasteiger partial charge in [0.15, 0.2) is 0 Å². The van der Waals surface area contributed by atoms with Gasteiger partial charge in [-0.2, -0.15) is 0 Å². The zero-order valence-electron chi connectivity index (χ0n) is 16.7. The molecule has 0 radical (unpaired) electrons. The highest BCUT2D eigenvalue weighted by molar-refractivity contribution is 8.37. The van der Waals surface area contributed by atoms with Crippen molar-refractivity contribution in [2.75, 3.05) is 0 Å². The molecule has 0 bridgehead atoms. The van der Waals surface area contributed by atoms with E-state index in [4.69, 9.17) is 0 Å². The predicted molar refractivity (Wildman–Crippen MR) is 124 cm³/mol. The molecule has 140 valence electrons. The molecule has 0 fully saturated rings. The third-order valence-electron chi connectivity index (χ3n) is 4.46. The molecule has 0 aliphatic rings. The number of nitrogens with zero attached hydrogens (tertiary/aromatic N) is 1. The van der Waals surface area contributed by atoms with Crippen molar-refractivity contribution in [2.45, 2.75) is 39.8 Å². The highest BCUT2D eigenvalue weighted by Gasteiger charge is 2.34. The van der Waals surface area contributed by atoms with E-state index in [1.54, 1.807) is 0 Å². The van der Waals surface area contributed by atoms with Crippen molar-refractivity contribution in [1.82, 2.24) is 4.67 Å². The summed E-state index contributed by atoms with van der Waals surface area (Å²) in [4.78, 5) is 0. The van der Waals surface area contributed by atoms with Crippen LogP contribution in [0.2, 0.25) is 0 Å². The SMILES string of the molecule is CC(C)N(C(C)C)[P@](c1ccccc1)P(c1ccccc1)c1ccccc1. The van der Waals surface area contributed by atoms with Crippen LogP contribution in [0.3, 0.4) is 0 Å². The molecular weight excluding hydrogens is 364 g/mol. The second kappa shape index (κ2) is 9.61. The van der Waals surface area contributed by atoms with Crippen molar-refractivity contribution in [2.24, 2.45) is 0 Å². The quantitative estimate of drug-likeness (QED) is 0.454. The molecular formula is C24H29NP2. The largest absolute Gasteiger partial charge is 0.269 e. The van der Waals surface area contributed by atoms with E-state index >= 15 is 0 Å². The molecule has 3 aromatic carbocycles. The van der Waals surface area contributed by atoms with E-state index in [0.717, 1.165) is 0 Å². The van der Waals surface area contributed by atoms with E-state index in [1.807, 2.05) is 0 Å². The van der Waals surface area contributed by atoms with Gasteiger partial charge in [0.2, 0.25) is 0 Å². The van der Waals surface area contributed by atoms with Crippen LogP contribution in [0.25, 0.3) is 0 Å². The van der Waals surface area contributed by atoms with E-state index in [-0.39, 0.29) is 0 Å². The second-order valence-corrected chi connectivity index (χ2v) is 12.7. The standard InChI is InChI=1S/C24H29NP2/c1-20(2)25(21(3)4)27(24-18-12-7-13-19-24)26(22-14-8-5-9-15-22)23-16-10-6-11-17-23/h5-21H,1-4H3/t27-/m0/s1. The first-order valence-electron chi connectivity index (χ1n) is 9.63. The maximum absolute atomic E-state index is 2.75. The zero-order chi connectivity index (χ0) is 19.2. The molecule has 27 heavy (non-hydrogen) atoms. The summed E-state index contributed by atoms with van der Waals surface area (Å²) in [5.74, 6) is 0. The molecule has 0 N–H and O–H groups in total. The lowest BCUT2D eigenvalue weighted by Crippen LogP contribution is -2.36. The Hall–Kier alpha value is -1.52. The smallest absolute Gasteiger partial charge is 0.0312 e. The van der Waals surface area contributed by atoms with Crippen LogP contribution in [-0.2, 0) is 0 Å². The van der Waals surface area contributed by atoms with E-state index in [9.17, 15) is 0 Å². The fraction of sp³-hybridized carbons (Fsp3) is 0.250. The highest BCUT2D eigenvalue weighted by Crippen LogP contribution is 2.69. The van der Waals surface area contributed by atoms with Gasteiger partial charge in [-0.05, 0) is 43.6 Å². The van der Waals surface area contributed by atoms with Gasteiger partial charge in [0, 0.05) is 27.5 Å². The monoisotopic (exact) mass is 393 g/mol. The summed E-state index contributed by atoms with van der Waals surface area (Å²) in [5.41, 5.74) is 0. The minimum atomic E-state index is -0.516. The Morgan fingerprint density at radius 2 is 0.852 bits per heavy atom. The lowest BCUT2D eigenvalue weighted by atomic mass is 10.3. The van der Waals surface area contributed by atoms with Gasteiger partial charge in [-0.15, -0.1) is 0 Å². The molecule has 0 aliphatic carbocycles. The Morgan fingerprint density at radius 3 is 1.19 bits per heavy atom. The fourth-order valence-corrected chi connectivity index (χ4v) is 12.2. The van der Waals surface area contributed by atoms with Gasteiger partial charge < -0.3 is 0 Å². The van der Waals surface area contributed by atoms with Crippen LogP contribution in [0, 0.1) is 0 Å². The zero-order valence-corrected chi connectivity index (χ0v) is 18.4. The molecule has 0 spiro atoms. The molecule has 0 saturated heterocycles. The number of hydrogen-bond donors (Lipinski definition) is 0. The maximum Gasteiger partial charge on any atom is 0.0312 e. The van der Waals surface area contributed by atoms with Gasteiger partial charge in [0.05, 0.1) is 0 Å². The van der Waals surface area contributed by atoms with Gasteiger partial charge in [0.1, 0.15) is 0 Å². The van der Waals surface area contributed by atoms with Gasteiger partial charge >= 0.3 is 0 Å². The summed E-state index contributed by atoms with van der Waals surface area (Å²) >= 11 is 0. The second-order valence-electron chi connectivity index (χ2n) is 7.18. The fourth-order valence-electron chi connectivity index (χ4n) is 3.45. The molecule has 1 atom stereocenters. The van der Waals surface area contributed by atoms with Gasteiger partial charge in [-0.3, -0.25) is 4.67 Å².